The van der Waals surface area contributed by atoms with Crippen molar-refractivity contribution in [1.82, 2.24) is 9.55 Å². The minimum absolute atomic E-state index is 0.160. The van der Waals surface area contributed by atoms with Gasteiger partial charge in [0.25, 0.3) is 5.56 Å². The van der Waals surface area contributed by atoms with Crippen LogP contribution in [0.5, 0.6) is 0 Å². The van der Waals surface area contributed by atoms with E-state index < -0.39 is 0 Å². The second kappa shape index (κ2) is 3.96. The molecule has 86 valence electrons. The van der Waals surface area contributed by atoms with Gasteiger partial charge in [-0.15, -0.1) is 0 Å². The number of hydrogen-bond acceptors (Lipinski definition) is 2. The van der Waals surface area contributed by atoms with Gasteiger partial charge in [0.15, 0.2) is 4.77 Å². The molecule has 3 nitrogen and oxygen atoms in total. The number of H-pyrrole nitrogens is 1. The van der Waals surface area contributed by atoms with E-state index in [1.807, 2.05) is 4.57 Å². The molecule has 0 spiro atoms. The summed E-state index contributed by atoms with van der Waals surface area (Å²) in [5.41, 5.74) is 3.69. The first-order chi connectivity index (χ1) is 8.24. The molecule has 1 N–H and O–H groups in total. The summed E-state index contributed by atoms with van der Waals surface area (Å²) in [5, 5.41) is 0. The number of rotatable bonds is 1. The van der Waals surface area contributed by atoms with Crippen molar-refractivity contribution in [3.63, 3.8) is 0 Å². The molecule has 0 unspecified atom stereocenters. The molecule has 1 aromatic heterocycles. The molecule has 17 heavy (non-hydrogen) atoms. The molecule has 0 aliphatic heterocycles. The lowest BCUT2D eigenvalue weighted by atomic mass is 10.1. The minimum Gasteiger partial charge on any atom is -0.299 e. The third-order valence-corrected chi connectivity index (χ3v) is 3.48. The van der Waals surface area contributed by atoms with E-state index in [0.717, 1.165) is 12.1 Å². The van der Waals surface area contributed by atoms with Crippen molar-refractivity contribution >= 4 is 12.2 Å². The Hall–Kier alpha value is -1.68. The molecule has 2 aromatic rings. The smallest absolute Gasteiger partial charge is 0.251 e. The van der Waals surface area contributed by atoms with E-state index in [9.17, 15) is 4.79 Å². The highest BCUT2D eigenvalue weighted by Gasteiger charge is 2.11. The zero-order valence-corrected chi connectivity index (χ0v) is 10.1. The summed E-state index contributed by atoms with van der Waals surface area (Å²) in [6.45, 7) is 0. The van der Waals surface area contributed by atoms with Crippen LogP contribution in [0.4, 0.5) is 0 Å². The highest BCUT2D eigenvalue weighted by molar-refractivity contribution is 7.71. The molecule has 0 fully saturated rings. The van der Waals surface area contributed by atoms with Gasteiger partial charge in [0.05, 0.1) is 0 Å². The number of aromatic amines is 1. The average molecular weight is 244 g/mol. The van der Waals surface area contributed by atoms with Gasteiger partial charge in [0.2, 0.25) is 0 Å². The molecule has 0 atom stereocenters. The van der Waals surface area contributed by atoms with Crippen LogP contribution in [0, 0.1) is 4.77 Å². The van der Waals surface area contributed by atoms with Gasteiger partial charge in [-0.1, -0.05) is 6.07 Å². The summed E-state index contributed by atoms with van der Waals surface area (Å²) >= 11 is 5.16. The van der Waals surface area contributed by atoms with Crippen LogP contribution in [0.15, 0.2) is 35.3 Å². The molecule has 0 radical (unpaired) electrons. The number of nitrogens with one attached hydrogen (secondary N) is 1. The number of hydrogen-bond donors (Lipinski definition) is 1. The second-order valence-corrected chi connectivity index (χ2v) is 4.67. The van der Waals surface area contributed by atoms with Crippen LogP contribution < -0.4 is 5.56 Å². The topological polar surface area (TPSA) is 37.8 Å². The Balaban J connectivity index is 2.16. The predicted molar refractivity (Wildman–Crippen MR) is 69.2 cm³/mol. The lowest BCUT2D eigenvalue weighted by Crippen LogP contribution is -2.09. The first-order valence-electron chi connectivity index (χ1n) is 5.68. The molecule has 3 rings (SSSR count). The maximum atomic E-state index is 11.1. The molecule has 0 amide bonds. The molecule has 1 aliphatic carbocycles. The second-order valence-electron chi connectivity index (χ2n) is 4.29. The van der Waals surface area contributed by atoms with E-state index in [2.05, 4.69) is 23.2 Å². The van der Waals surface area contributed by atoms with E-state index in [1.54, 1.807) is 6.20 Å². The minimum atomic E-state index is -0.160. The summed E-state index contributed by atoms with van der Waals surface area (Å²) in [4.78, 5) is 13.8. The Kier molecular flexibility index (Phi) is 2.44. The Morgan fingerprint density at radius 2 is 2.00 bits per heavy atom. The van der Waals surface area contributed by atoms with Gasteiger partial charge in [-0.25, -0.2) is 0 Å². The van der Waals surface area contributed by atoms with Crippen molar-refractivity contribution in [2.75, 3.05) is 0 Å². The molecule has 4 heteroatoms. The van der Waals surface area contributed by atoms with Gasteiger partial charge in [-0.2, -0.15) is 0 Å². The average Bonchev–Trinajstić information content (AvgIpc) is 2.75. The molecule has 1 aromatic carbocycles. The Bertz CT molecular complexity index is 684. The number of fused-ring (bicyclic) bond motifs is 1. The Morgan fingerprint density at radius 3 is 2.82 bits per heavy atom. The van der Waals surface area contributed by atoms with E-state index in [4.69, 9.17) is 12.2 Å². The van der Waals surface area contributed by atoms with E-state index >= 15 is 0 Å². The first kappa shape index (κ1) is 10.5. The zero-order chi connectivity index (χ0) is 11.8. The van der Waals surface area contributed by atoms with Crippen molar-refractivity contribution in [3.05, 3.63) is 56.7 Å². The van der Waals surface area contributed by atoms with Gasteiger partial charge < -0.3 is 0 Å². The molecule has 0 bridgehead atoms. The maximum Gasteiger partial charge on any atom is 0.251 e. The lowest BCUT2D eigenvalue weighted by molar-refractivity contribution is 0.909. The maximum absolute atomic E-state index is 11.1. The van der Waals surface area contributed by atoms with Gasteiger partial charge in [-0.3, -0.25) is 14.3 Å². The zero-order valence-electron chi connectivity index (χ0n) is 9.27. The monoisotopic (exact) mass is 244 g/mol. The number of benzene rings is 1. The van der Waals surface area contributed by atoms with Crippen LogP contribution in [0.1, 0.15) is 17.5 Å². The standard InChI is InChI=1S/C13H12N2OS/c16-12-6-7-15(13(17)14-12)11-5-4-9-2-1-3-10(9)8-11/h4-8H,1-3H2,(H,14,16,17). The third kappa shape index (κ3) is 1.85. The summed E-state index contributed by atoms with van der Waals surface area (Å²) in [6.07, 6.45) is 5.26. The van der Waals surface area contributed by atoms with Crippen LogP contribution in [-0.4, -0.2) is 9.55 Å². The fraction of sp³-hybridized carbons (Fsp3) is 0.231. The fourth-order valence-electron chi connectivity index (χ4n) is 2.33. The van der Waals surface area contributed by atoms with Crippen LogP contribution >= 0.6 is 12.2 Å². The van der Waals surface area contributed by atoms with Crippen molar-refractivity contribution < 1.29 is 0 Å². The Morgan fingerprint density at radius 1 is 1.18 bits per heavy atom. The van der Waals surface area contributed by atoms with E-state index in [-0.39, 0.29) is 5.56 Å². The molecule has 1 aliphatic rings. The number of aryl methyl sites for hydroxylation is 2. The van der Waals surface area contributed by atoms with Crippen molar-refractivity contribution in [2.45, 2.75) is 19.3 Å². The van der Waals surface area contributed by atoms with Crippen LogP contribution in [0.25, 0.3) is 5.69 Å². The SMILES string of the molecule is O=c1ccn(-c2ccc3c(c2)CCC3)c(=S)[nH]1. The molecule has 1 heterocycles. The summed E-state index contributed by atoms with van der Waals surface area (Å²) in [5.74, 6) is 0. The fourth-order valence-corrected chi connectivity index (χ4v) is 2.60. The predicted octanol–water partition coefficient (Wildman–Crippen LogP) is 2.38. The van der Waals surface area contributed by atoms with Crippen molar-refractivity contribution in [3.8, 4) is 5.69 Å². The molecular formula is C13H12N2OS. The van der Waals surface area contributed by atoms with Crippen LogP contribution in [0.3, 0.4) is 0 Å². The van der Waals surface area contributed by atoms with Crippen LogP contribution in [-0.2, 0) is 12.8 Å². The van der Waals surface area contributed by atoms with Crippen molar-refractivity contribution in [1.29, 1.82) is 0 Å². The van der Waals surface area contributed by atoms with Gasteiger partial charge >= 0.3 is 0 Å². The summed E-state index contributed by atoms with van der Waals surface area (Å²) in [7, 11) is 0. The van der Waals surface area contributed by atoms with Crippen LogP contribution in [0.2, 0.25) is 0 Å². The highest BCUT2D eigenvalue weighted by atomic mass is 32.1. The van der Waals surface area contributed by atoms with Gasteiger partial charge in [0, 0.05) is 18.0 Å². The normalized spacial score (nSPS) is 13.6. The van der Waals surface area contributed by atoms with E-state index in [1.165, 1.54) is 30.0 Å². The lowest BCUT2D eigenvalue weighted by Gasteiger charge is -2.08. The molecular weight excluding hydrogens is 232 g/mol. The summed E-state index contributed by atoms with van der Waals surface area (Å²) < 4.78 is 2.27. The molecule has 0 saturated carbocycles. The third-order valence-electron chi connectivity index (χ3n) is 3.18. The van der Waals surface area contributed by atoms with E-state index in [0.29, 0.717) is 4.77 Å². The quantitative estimate of drug-likeness (QED) is 0.782. The van der Waals surface area contributed by atoms with Crippen molar-refractivity contribution in [2.24, 2.45) is 0 Å². The summed E-state index contributed by atoms with van der Waals surface area (Å²) in [6, 6.07) is 7.86. The van der Waals surface area contributed by atoms with Gasteiger partial charge in [0.1, 0.15) is 0 Å². The largest absolute Gasteiger partial charge is 0.299 e. The highest BCUT2D eigenvalue weighted by Crippen LogP contribution is 2.24. The first-order valence-corrected chi connectivity index (χ1v) is 6.09. The number of aromatic nitrogens is 2. The molecule has 0 saturated heterocycles. The Labute approximate surface area is 104 Å². The van der Waals surface area contributed by atoms with Gasteiger partial charge in [-0.05, 0) is 54.7 Å². The number of nitrogens with zero attached hydrogens (tertiary/aromatic N) is 1.